The largest absolute Gasteiger partial charge is 0.494 e. The molecule has 4 bridgehead atoms. The van der Waals surface area contributed by atoms with Crippen molar-refractivity contribution in [2.75, 3.05) is 37.7 Å². The van der Waals surface area contributed by atoms with Crippen molar-refractivity contribution >= 4 is 11.9 Å². The molecule has 2 saturated heterocycles. The molecule has 1 N–H and O–H groups in total. The lowest BCUT2D eigenvalue weighted by Crippen LogP contribution is -2.44. The number of amides is 1. The molecule has 200 valence electrons. The molecule has 0 spiro atoms. The van der Waals surface area contributed by atoms with Gasteiger partial charge in [0.05, 0.1) is 31.6 Å². The summed E-state index contributed by atoms with van der Waals surface area (Å²) in [6.07, 6.45) is 10.0. The fourth-order valence-corrected chi connectivity index (χ4v) is 5.34. The average Bonchev–Trinajstić information content (AvgIpc) is 3.56. The van der Waals surface area contributed by atoms with E-state index < -0.39 is 0 Å². The summed E-state index contributed by atoms with van der Waals surface area (Å²) in [5, 5.41) is 11.7. The Balaban J connectivity index is 1.16. The summed E-state index contributed by atoms with van der Waals surface area (Å²) >= 11 is 0. The third-order valence-corrected chi connectivity index (χ3v) is 7.32. The fourth-order valence-electron chi connectivity index (χ4n) is 5.34. The van der Waals surface area contributed by atoms with Gasteiger partial charge >= 0.3 is 0 Å². The topological polar surface area (TPSA) is 111 Å². The molecule has 38 heavy (non-hydrogen) atoms. The summed E-state index contributed by atoms with van der Waals surface area (Å²) in [5.74, 6) is 1.35. The number of carbonyl (C=O) groups is 1. The molecule has 6 rings (SSSR count). The van der Waals surface area contributed by atoms with E-state index >= 15 is 0 Å². The van der Waals surface area contributed by atoms with Gasteiger partial charge in [-0.2, -0.15) is 0 Å². The fraction of sp³-hybridized carbons (Fsp3) is 0.519. The molecule has 0 saturated carbocycles. The van der Waals surface area contributed by atoms with Gasteiger partial charge in [0, 0.05) is 69.2 Å². The molecule has 3 aliphatic heterocycles. The maximum absolute atomic E-state index is 13.2. The van der Waals surface area contributed by atoms with Crippen LogP contribution in [0.5, 0.6) is 5.75 Å². The maximum atomic E-state index is 13.2. The van der Waals surface area contributed by atoms with Gasteiger partial charge < -0.3 is 19.7 Å². The number of carbonyl (C=O) groups excluding carboxylic acids is 1. The minimum absolute atomic E-state index is 0.136. The molecule has 11 nitrogen and oxygen atoms in total. The van der Waals surface area contributed by atoms with Crippen LogP contribution in [0.4, 0.5) is 5.95 Å². The molecule has 11 heteroatoms. The summed E-state index contributed by atoms with van der Waals surface area (Å²) in [6, 6.07) is 7.14. The number of fused-ring (bicyclic) bond motifs is 5. The number of likely N-dealkylation sites (tertiary alicyclic amines) is 1. The van der Waals surface area contributed by atoms with Crippen LogP contribution in [0.1, 0.15) is 47.3 Å². The highest BCUT2D eigenvalue weighted by Crippen LogP contribution is 2.21. The second kappa shape index (κ2) is 11.4. The Kier molecular flexibility index (Phi) is 7.45. The molecule has 0 radical (unpaired) electrons. The van der Waals surface area contributed by atoms with Crippen molar-refractivity contribution in [3.8, 4) is 5.75 Å². The van der Waals surface area contributed by atoms with Crippen molar-refractivity contribution in [1.82, 2.24) is 35.2 Å². The minimum atomic E-state index is -0.190. The summed E-state index contributed by atoms with van der Waals surface area (Å²) in [7, 11) is 0. The molecule has 2 fully saturated rings. The molecular weight excluding hydrogens is 484 g/mol. The number of aryl methyl sites for hydroxylation is 1. The maximum Gasteiger partial charge on any atom is 0.251 e. The number of hydrogen-bond donors (Lipinski definition) is 1. The van der Waals surface area contributed by atoms with Gasteiger partial charge in [0.15, 0.2) is 0 Å². The number of ether oxygens (including phenoxy) is 2. The molecule has 2 atom stereocenters. The predicted molar refractivity (Wildman–Crippen MR) is 140 cm³/mol. The quantitative estimate of drug-likeness (QED) is 0.557. The van der Waals surface area contributed by atoms with Crippen LogP contribution in [0.15, 0.2) is 42.9 Å². The zero-order chi connectivity index (χ0) is 25.7. The highest BCUT2D eigenvalue weighted by Gasteiger charge is 2.35. The van der Waals surface area contributed by atoms with E-state index in [1.807, 2.05) is 41.5 Å². The number of anilines is 1. The van der Waals surface area contributed by atoms with Gasteiger partial charge in [0.1, 0.15) is 11.4 Å². The number of rotatable bonds is 3. The van der Waals surface area contributed by atoms with Crippen LogP contribution in [0.2, 0.25) is 0 Å². The summed E-state index contributed by atoms with van der Waals surface area (Å²) < 4.78 is 14.0. The monoisotopic (exact) mass is 518 g/mol. The SMILES string of the molecule is O=C1N[C@H]2CN(Cc3cnc(N4CCCCC4)nc3)C[C@@H]2OCc2cn(nn2)CCCOc2cccc1c2. The molecule has 1 aromatic carbocycles. The number of hydrogen-bond acceptors (Lipinski definition) is 9. The van der Waals surface area contributed by atoms with Gasteiger partial charge in [-0.25, -0.2) is 9.97 Å². The number of benzene rings is 1. The summed E-state index contributed by atoms with van der Waals surface area (Å²) in [6.45, 7) is 5.63. The van der Waals surface area contributed by atoms with Crippen LogP contribution >= 0.6 is 0 Å². The smallest absolute Gasteiger partial charge is 0.251 e. The van der Waals surface area contributed by atoms with E-state index in [-0.39, 0.29) is 18.1 Å². The Morgan fingerprint density at radius 1 is 1.03 bits per heavy atom. The average molecular weight is 519 g/mol. The van der Waals surface area contributed by atoms with Crippen molar-refractivity contribution in [1.29, 1.82) is 0 Å². The van der Waals surface area contributed by atoms with E-state index in [1.54, 1.807) is 6.07 Å². The van der Waals surface area contributed by atoms with Crippen molar-refractivity contribution < 1.29 is 14.3 Å². The Labute approximate surface area is 222 Å². The lowest BCUT2D eigenvalue weighted by Gasteiger charge is -2.26. The van der Waals surface area contributed by atoms with Crippen LogP contribution in [-0.2, 0) is 24.4 Å². The molecule has 0 unspecified atom stereocenters. The molecule has 3 aromatic rings. The number of aromatic nitrogens is 5. The lowest BCUT2D eigenvalue weighted by molar-refractivity contribution is 0.0293. The van der Waals surface area contributed by atoms with Crippen LogP contribution in [0.25, 0.3) is 0 Å². The number of nitrogens with zero attached hydrogens (tertiary/aromatic N) is 7. The van der Waals surface area contributed by atoms with Crippen molar-refractivity contribution in [3.05, 3.63) is 59.7 Å². The van der Waals surface area contributed by atoms with Crippen LogP contribution in [0.3, 0.4) is 0 Å². The molecular formula is C27H34N8O3. The third-order valence-electron chi connectivity index (χ3n) is 7.32. The van der Waals surface area contributed by atoms with E-state index in [0.29, 0.717) is 50.7 Å². The van der Waals surface area contributed by atoms with Gasteiger partial charge in [-0.05, 0) is 37.5 Å². The third kappa shape index (κ3) is 5.94. The highest BCUT2D eigenvalue weighted by atomic mass is 16.5. The van der Waals surface area contributed by atoms with E-state index in [9.17, 15) is 4.79 Å². The van der Waals surface area contributed by atoms with Gasteiger partial charge in [0.25, 0.3) is 5.91 Å². The van der Waals surface area contributed by atoms with Gasteiger partial charge in [-0.15, -0.1) is 5.10 Å². The molecule has 1 amide bonds. The Morgan fingerprint density at radius 2 is 1.89 bits per heavy atom. The highest BCUT2D eigenvalue weighted by molar-refractivity contribution is 5.94. The predicted octanol–water partition coefficient (Wildman–Crippen LogP) is 2.04. The minimum Gasteiger partial charge on any atom is -0.494 e. The zero-order valence-electron chi connectivity index (χ0n) is 21.5. The van der Waals surface area contributed by atoms with E-state index in [0.717, 1.165) is 36.7 Å². The van der Waals surface area contributed by atoms with Crippen molar-refractivity contribution in [3.63, 3.8) is 0 Å². The lowest BCUT2D eigenvalue weighted by atomic mass is 10.1. The Hall–Kier alpha value is -3.57. The first-order valence-corrected chi connectivity index (χ1v) is 13.5. The van der Waals surface area contributed by atoms with E-state index in [1.165, 1.54) is 19.3 Å². The van der Waals surface area contributed by atoms with Crippen molar-refractivity contribution in [2.24, 2.45) is 0 Å². The van der Waals surface area contributed by atoms with Crippen LogP contribution < -0.4 is 15.0 Å². The van der Waals surface area contributed by atoms with Gasteiger partial charge in [0.2, 0.25) is 5.95 Å². The Morgan fingerprint density at radius 3 is 2.76 bits per heavy atom. The van der Waals surface area contributed by atoms with E-state index in [4.69, 9.17) is 9.47 Å². The first-order valence-electron chi connectivity index (χ1n) is 13.5. The molecule has 5 heterocycles. The number of nitrogens with one attached hydrogen (secondary N) is 1. The molecule has 0 aliphatic carbocycles. The van der Waals surface area contributed by atoms with Crippen molar-refractivity contribution in [2.45, 2.75) is 57.5 Å². The van der Waals surface area contributed by atoms with Gasteiger partial charge in [-0.3, -0.25) is 14.4 Å². The van der Waals surface area contributed by atoms with Crippen LogP contribution in [-0.4, -0.2) is 80.7 Å². The normalized spacial score (nSPS) is 22.9. The van der Waals surface area contributed by atoms with Gasteiger partial charge in [-0.1, -0.05) is 11.3 Å². The zero-order valence-corrected chi connectivity index (χ0v) is 21.5. The summed E-state index contributed by atoms with van der Waals surface area (Å²) in [4.78, 5) is 27.0. The first-order chi connectivity index (χ1) is 18.7. The first kappa shape index (κ1) is 24.7. The Bertz CT molecular complexity index is 1230. The summed E-state index contributed by atoms with van der Waals surface area (Å²) in [5.41, 5.74) is 2.39. The second-order valence-corrected chi connectivity index (χ2v) is 10.3. The molecule has 2 aromatic heterocycles. The standard InChI is InChI=1S/C27H34N8O3/c36-26-21-6-4-7-23(12-21)37-11-5-10-35-16-22(31-32-35)19-38-25-18-33(17-24(25)30-26)15-20-13-28-27(29-14-20)34-8-2-1-3-9-34/h4,6-7,12-14,16,24-25H,1-3,5,8-11,15,17-19H2,(H,30,36)/t24-,25-/m0/s1. The second-order valence-electron chi connectivity index (χ2n) is 10.3. The van der Waals surface area contributed by atoms with E-state index in [2.05, 4.69) is 35.4 Å². The number of piperidine rings is 1. The molecule has 3 aliphatic rings. The van der Waals surface area contributed by atoms with Crippen LogP contribution in [0, 0.1) is 0 Å².